The van der Waals surface area contributed by atoms with Gasteiger partial charge in [-0.05, 0) is 124 Å². The van der Waals surface area contributed by atoms with Gasteiger partial charge in [-0.1, -0.05) is 137 Å². The molecule has 2 heterocycles. The third-order valence-corrected chi connectivity index (χ3v) is 18.7. The molecule has 4 aromatic carbocycles. The van der Waals surface area contributed by atoms with E-state index in [1.54, 1.807) is 91.4 Å². The summed E-state index contributed by atoms with van der Waals surface area (Å²) in [5, 5.41) is 14.9. The molecule has 4 aromatic rings. The summed E-state index contributed by atoms with van der Waals surface area (Å²) < 4.78 is 11.7. The van der Waals surface area contributed by atoms with Gasteiger partial charge in [-0.25, -0.2) is 0 Å². The molecule has 2 saturated carbocycles. The molecule has 2 aliphatic carbocycles. The highest BCUT2D eigenvalue weighted by atomic mass is 16.5. The molecule has 480 valence electrons. The van der Waals surface area contributed by atoms with Crippen LogP contribution in [0.5, 0.6) is 0 Å². The van der Waals surface area contributed by atoms with Gasteiger partial charge in [0.25, 0.3) is 11.8 Å². The van der Waals surface area contributed by atoms with Gasteiger partial charge in [-0.2, -0.15) is 0 Å². The summed E-state index contributed by atoms with van der Waals surface area (Å²) >= 11 is 0. The number of carbonyl (C=O) groups is 8. The van der Waals surface area contributed by atoms with Crippen molar-refractivity contribution in [1.29, 1.82) is 0 Å². The van der Waals surface area contributed by atoms with Crippen LogP contribution in [0.25, 0.3) is 11.1 Å². The number of carbonyl (C=O) groups excluding carboxylic acids is 8. The third-order valence-electron chi connectivity index (χ3n) is 18.7. The van der Waals surface area contributed by atoms with Crippen LogP contribution in [0.15, 0.2) is 109 Å². The molecule has 8 amide bonds. The van der Waals surface area contributed by atoms with Crippen molar-refractivity contribution in [1.82, 2.24) is 46.2 Å². The van der Waals surface area contributed by atoms with E-state index < -0.39 is 29.9 Å². The Kier molecular flexibility index (Phi) is 25.3. The van der Waals surface area contributed by atoms with Gasteiger partial charge in [0.05, 0.1) is 43.4 Å². The predicted octanol–water partition coefficient (Wildman–Crippen LogP) is 6.58. The number of rotatable bonds is 28. The molecule has 0 aromatic heterocycles. The van der Waals surface area contributed by atoms with Gasteiger partial charge < -0.3 is 55.7 Å². The predicted molar refractivity (Wildman–Crippen MR) is 342 cm³/mol. The van der Waals surface area contributed by atoms with E-state index in [1.165, 1.54) is 0 Å². The van der Waals surface area contributed by atoms with Crippen molar-refractivity contribution in [3.63, 3.8) is 0 Å². The number of nitrogens with one attached hydrogen (secondary N) is 5. The van der Waals surface area contributed by atoms with Crippen LogP contribution < -0.4 is 26.6 Å². The summed E-state index contributed by atoms with van der Waals surface area (Å²) in [5.74, 6) is -2.43. The summed E-state index contributed by atoms with van der Waals surface area (Å²) in [6.07, 6.45) is 11.2. The minimum atomic E-state index is -0.704. The molecule has 4 fully saturated rings. The number of likely N-dealkylation sites (tertiary alicyclic amines) is 2. The molecular weight excluding hydrogens is 1130 g/mol. The Morgan fingerprint density at radius 2 is 0.899 bits per heavy atom. The van der Waals surface area contributed by atoms with Gasteiger partial charge in [0, 0.05) is 70.5 Å². The molecule has 2 saturated heterocycles. The maximum absolute atomic E-state index is 14.7. The molecule has 7 atom stereocenters. The van der Waals surface area contributed by atoms with Crippen LogP contribution in [0.4, 0.5) is 0 Å². The Balaban J connectivity index is 0.885. The zero-order valence-electron chi connectivity index (χ0n) is 53.1. The minimum Gasteiger partial charge on any atom is -0.380 e. The Morgan fingerprint density at radius 3 is 1.26 bits per heavy atom. The lowest BCUT2D eigenvalue weighted by molar-refractivity contribution is -0.141. The Bertz CT molecular complexity index is 2970. The van der Waals surface area contributed by atoms with Crippen molar-refractivity contribution in [2.75, 3.05) is 73.6 Å². The van der Waals surface area contributed by atoms with Gasteiger partial charge >= 0.3 is 0 Å². The summed E-state index contributed by atoms with van der Waals surface area (Å²) in [7, 11) is 4.97. The molecule has 0 radical (unpaired) electrons. The second-order valence-corrected chi connectivity index (χ2v) is 25.1. The monoisotopic (exact) mass is 1220 g/mol. The summed E-state index contributed by atoms with van der Waals surface area (Å²) in [5.41, 5.74) is 4.36. The SMILES string of the molecule is CN[C@@H](C)C(=O)N[C@H](C(=O)N1C[C@@H](OC)C[C@H]1CN(CCc1ccccc1)C(=O)CNC(=O)c1ccc(-c2ccc(C(=O)NCC(=O)N(CCc3ccccc3)C[C@@H]3C[C@H](OC)CN3C(=O)[C@@H](NC(=O)C(C)C)C3CCCCC3)cc2)cc1)C1CCCCC1. The number of nitrogens with zero attached hydrogens (tertiary/aromatic N) is 4. The third kappa shape index (κ3) is 18.8. The molecule has 0 bridgehead atoms. The van der Waals surface area contributed by atoms with Crippen molar-refractivity contribution < 1.29 is 47.8 Å². The van der Waals surface area contributed by atoms with E-state index >= 15 is 0 Å². The van der Waals surface area contributed by atoms with Gasteiger partial charge in [0.2, 0.25) is 35.4 Å². The number of hydrogen-bond acceptors (Lipinski definition) is 11. The van der Waals surface area contributed by atoms with Crippen LogP contribution in [0.2, 0.25) is 0 Å². The second-order valence-electron chi connectivity index (χ2n) is 25.1. The molecule has 89 heavy (non-hydrogen) atoms. The van der Waals surface area contributed by atoms with Crippen molar-refractivity contribution in [3.8, 4) is 11.1 Å². The number of methoxy groups -OCH3 is 2. The quantitative estimate of drug-likeness (QED) is 0.0408. The number of amides is 8. The van der Waals surface area contributed by atoms with Crippen molar-refractivity contribution in [2.24, 2.45) is 17.8 Å². The highest BCUT2D eigenvalue weighted by Crippen LogP contribution is 2.33. The Morgan fingerprint density at radius 1 is 0.517 bits per heavy atom. The van der Waals surface area contributed by atoms with Crippen LogP contribution in [-0.2, 0) is 51.1 Å². The van der Waals surface area contributed by atoms with Gasteiger partial charge in [-0.15, -0.1) is 0 Å². The number of ether oxygens (including phenoxy) is 2. The standard InChI is InChI=1S/C70H95N9O10/c1-47(2)65(82)74-63(53-23-15-9-16-24-53)69(86)78-45-59(88-5)39-57(78)43-76(37-35-49-19-11-7-12-20-49)61(80)41-72-67(84)55-31-27-51(28-32-55)52-29-33-56(34-30-52)68(85)73-42-62(81)77(38-36-50-21-13-8-14-22-50)44-58-40-60(89-6)46-79(58)70(87)64(54-25-17-10-18-26-54)75-66(83)48(3)71-4/h7-8,11-14,19-22,27-34,47-48,53-54,57-60,63-64,71H,9-10,15-18,23-26,35-46H2,1-6H3,(H,72,84)(H,73,85)(H,74,82)(H,75,83)/t48-,57-,58-,59-,60-,63-,64-/m0/s1. The number of benzene rings is 4. The summed E-state index contributed by atoms with van der Waals surface area (Å²) in [6.45, 7) is 6.70. The first-order valence-corrected chi connectivity index (χ1v) is 32.4. The van der Waals surface area contributed by atoms with E-state index in [-0.39, 0.29) is 104 Å². The maximum Gasteiger partial charge on any atom is 0.251 e. The van der Waals surface area contributed by atoms with E-state index in [0.29, 0.717) is 63.0 Å². The first-order chi connectivity index (χ1) is 43.0. The fraction of sp³-hybridized carbons (Fsp3) is 0.543. The van der Waals surface area contributed by atoms with Crippen LogP contribution in [0.1, 0.15) is 130 Å². The smallest absolute Gasteiger partial charge is 0.251 e. The molecule has 2 aliphatic heterocycles. The lowest BCUT2D eigenvalue weighted by atomic mass is 9.83. The fourth-order valence-electron chi connectivity index (χ4n) is 13.1. The molecular formula is C70H95N9O10. The maximum atomic E-state index is 14.7. The van der Waals surface area contributed by atoms with E-state index in [9.17, 15) is 38.4 Å². The van der Waals surface area contributed by atoms with Crippen LogP contribution in [0.3, 0.4) is 0 Å². The molecule has 19 nitrogen and oxygen atoms in total. The van der Waals surface area contributed by atoms with Gasteiger partial charge in [0.1, 0.15) is 12.1 Å². The lowest BCUT2D eigenvalue weighted by Crippen LogP contribution is -2.58. The van der Waals surface area contributed by atoms with Crippen molar-refractivity contribution >= 4 is 47.3 Å². The highest BCUT2D eigenvalue weighted by Gasteiger charge is 2.44. The Hall–Kier alpha value is -7.48. The average molecular weight is 1220 g/mol. The largest absolute Gasteiger partial charge is 0.380 e. The second kappa shape index (κ2) is 33.4. The van der Waals surface area contributed by atoms with Crippen LogP contribution in [-0.4, -0.2) is 183 Å². The van der Waals surface area contributed by atoms with Crippen molar-refractivity contribution in [2.45, 2.75) is 153 Å². The zero-order valence-corrected chi connectivity index (χ0v) is 53.1. The van der Waals surface area contributed by atoms with Crippen LogP contribution in [0, 0.1) is 17.8 Å². The Labute approximate surface area is 526 Å². The number of hydrogen-bond donors (Lipinski definition) is 5. The molecule has 0 unspecified atom stereocenters. The fourth-order valence-corrected chi connectivity index (χ4v) is 13.1. The molecule has 4 aliphatic rings. The molecule has 5 N–H and O–H groups in total. The molecule has 19 heteroatoms. The minimum absolute atomic E-state index is 0.00344. The molecule has 0 spiro atoms. The van der Waals surface area contributed by atoms with E-state index in [4.69, 9.17) is 9.47 Å². The zero-order chi connectivity index (χ0) is 63.4. The van der Waals surface area contributed by atoms with Gasteiger partial charge in [-0.3, -0.25) is 38.4 Å². The normalized spacial score (nSPS) is 19.9. The average Bonchev–Trinajstić information content (AvgIpc) is 2.47. The topological polar surface area (TPSA) is 228 Å². The lowest BCUT2D eigenvalue weighted by Gasteiger charge is -2.36. The highest BCUT2D eigenvalue weighted by molar-refractivity contribution is 5.98. The van der Waals surface area contributed by atoms with Crippen molar-refractivity contribution in [3.05, 3.63) is 131 Å². The van der Waals surface area contributed by atoms with E-state index in [1.807, 2.05) is 79.4 Å². The van der Waals surface area contributed by atoms with Gasteiger partial charge in [0.15, 0.2) is 0 Å². The van der Waals surface area contributed by atoms with E-state index in [2.05, 4.69) is 26.6 Å². The first kappa shape index (κ1) is 67.5. The summed E-state index contributed by atoms with van der Waals surface area (Å²) in [6, 6.07) is 31.0. The van der Waals surface area contributed by atoms with Crippen LogP contribution >= 0.6 is 0 Å². The molecule has 8 rings (SSSR count). The van der Waals surface area contributed by atoms with E-state index in [0.717, 1.165) is 86.5 Å². The summed E-state index contributed by atoms with van der Waals surface area (Å²) in [4.78, 5) is 119. The number of likely N-dealkylation sites (N-methyl/N-ethyl adjacent to an activating group) is 1. The first-order valence-electron chi connectivity index (χ1n) is 32.4.